The van der Waals surface area contributed by atoms with Crippen molar-refractivity contribution in [2.24, 2.45) is 0 Å². The van der Waals surface area contributed by atoms with Crippen molar-refractivity contribution in [3.63, 3.8) is 0 Å². The molecule has 0 amide bonds. The quantitative estimate of drug-likeness (QED) is 0.281. The Kier molecular flexibility index (Phi) is 53.8. The fourth-order valence-corrected chi connectivity index (χ4v) is 0. The molecule has 11 heteroatoms. The van der Waals surface area contributed by atoms with Crippen LogP contribution in [0.5, 0.6) is 0 Å². The molecule has 0 spiro atoms. The number of rotatable bonds is 0. The minimum Gasteiger partial charge on any atom is -0.481 e. The largest absolute Gasteiger partial charge is 0.481 e. The zero-order chi connectivity index (χ0) is 17.9. The molecule has 4 radical (unpaired) electrons. The molecule has 0 saturated heterocycles. The molecular weight excluding hydrogens is 487 g/mol. The van der Waals surface area contributed by atoms with Crippen LogP contribution in [0.4, 0.5) is 0 Å². The first-order chi connectivity index (χ1) is 8.66. The molecule has 124 valence electrons. The van der Waals surface area contributed by atoms with E-state index in [9.17, 15) is 0 Å². The van der Waals surface area contributed by atoms with Crippen molar-refractivity contribution in [3.8, 4) is 0 Å². The number of carboxylic acid groups (broad SMARTS) is 5. The van der Waals surface area contributed by atoms with Crippen LogP contribution >= 0.6 is 0 Å². The van der Waals surface area contributed by atoms with E-state index in [1.54, 1.807) is 0 Å². The summed E-state index contributed by atoms with van der Waals surface area (Å²) in [5.41, 5.74) is 0. The number of carboxylic acids is 5. The summed E-state index contributed by atoms with van der Waals surface area (Å²) in [4.78, 5) is 45.0. The van der Waals surface area contributed by atoms with Crippen LogP contribution < -0.4 is 0 Å². The van der Waals surface area contributed by atoms with Crippen molar-refractivity contribution in [1.82, 2.24) is 0 Å². The Balaban J connectivity index is -0.0000000331. The first kappa shape index (κ1) is 36.5. The molecule has 0 aromatic carbocycles. The molecule has 0 fully saturated rings. The zero-order valence-electron chi connectivity index (χ0n) is 12.3. The van der Waals surface area contributed by atoms with Crippen LogP contribution in [0.25, 0.3) is 0 Å². The molecule has 0 aliphatic carbocycles. The first-order valence-electron chi connectivity index (χ1n) is 4.64. The first-order valence-corrected chi connectivity index (χ1v) is 4.64. The van der Waals surface area contributed by atoms with Gasteiger partial charge >= 0.3 is 0 Å². The summed E-state index contributed by atoms with van der Waals surface area (Å²) < 4.78 is 0. The average molecular weight is 507 g/mol. The smallest absolute Gasteiger partial charge is 0.300 e. The van der Waals surface area contributed by atoms with Crippen LogP contribution in [-0.2, 0) is 24.0 Å². The van der Waals surface area contributed by atoms with Gasteiger partial charge in [0.25, 0.3) is 29.8 Å². The third-order valence-electron chi connectivity index (χ3n) is 0. The standard InChI is InChI=1S/5C2H4O2.Pb/c5*1-2(3)4;/h5*1H3,(H,3,4);. The van der Waals surface area contributed by atoms with Gasteiger partial charge in [-0.3, -0.25) is 24.0 Å². The SMILES string of the molecule is CC(=O)O.CC(=O)O.CC(=O)O.CC(=O)O.CC(=O)O.[Pb]. The molecular formula is C10H20O10Pb. The van der Waals surface area contributed by atoms with Crippen LogP contribution in [0.2, 0.25) is 0 Å². The summed E-state index contributed by atoms with van der Waals surface area (Å²) in [6, 6.07) is 0. The van der Waals surface area contributed by atoms with Crippen LogP contribution in [0.3, 0.4) is 0 Å². The van der Waals surface area contributed by atoms with E-state index in [1.165, 1.54) is 0 Å². The minimum absolute atomic E-state index is 0. The van der Waals surface area contributed by atoms with Gasteiger partial charge in [0.2, 0.25) is 0 Å². The van der Waals surface area contributed by atoms with Gasteiger partial charge in [-0.2, -0.15) is 0 Å². The van der Waals surface area contributed by atoms with Gasteiger partial charge in [-0.15, -0.1) is 0 Å². The number of carbonyl (C=O) groups is 5. The summed E-state index contributed by atoms with van der Waals surface area (Å²) in [5.74, 6) is -4.17. The summed E-state index contributed by atoms with van der Waals surface area (Å²) in [6.07, 6.45) is 0. The van der Waals surface area contributed by atoms with E-state index in [-0.39, 0.29) is 27.3 Å². The normalized spacial score (nSPS) is 5.95. The second kappa shape index (κ2) is 30.9. The number of hydrogen-bond donors (Lipinski definition) is 5. The molecule has 0 saturated carbocycles. The molecule has 0 aliphatic rings. The minimum atomic E-state index is -0.833. The Morgan fingerprint density at radius 3 is 0.429 bits per heavy atom. The summed E-state index contributed by atoms with van der Waals surface area (Å²) in [6.45, 7) is 5.42. The Morgan fingerprint density at radius 1 is 0.429 bits per heavy atom. The molecule has 0 unspecified atom stereocenters. The second-order valence-electron chi connectivity index (χ2n) is 2.60. The monoisotopic (exact) mass is 508 g/mol. The van der Waals surface area contributed by atoms with Crippen molar-refractivity contribution in [1.29, 1.82) is 0 Å². The van der Waals surface area contributed by atoms with E-state index in [1.807, 2.05) is 0 Å². The number of hydrogen-bond acceptors (Lipinski definition) is 5. The van der Waals surface area contributed by atoms with E-state index in [0.29, 0.717) is 0 Å². The third-order valence-corrected chi connectivity index (χ3v) is 0. The molecule has 0 atom stereocenters. The predicted octanol–water partition coefficient (Wildman–Crippen LogP) is 0.0737. The molecule has 5 N–H and O–H groups in total. The molecule has 21 heavy (non-hydrogen) atoms. The second-order valence-corrected chi connectivity index (χ2v) is 2.60. The van der Waals surface area contributed by atoms with Gasteiger partial charge in [-0.25, -0.2) is 0 Å². The van der Waals surface area contributed by atoms with Gasteiger partial charge in [-0.05, 0) is 0 Å². The van der Waals surface area contributed by atoms with Gasteiger partial charge in [0.15, 0.2) is 0 Å². The van der Waals surface area contributed by atoms with Crippen LogP contribution in [-0.4, -0.2) is 82.7 Å². The zero-order valence-corrected chi connectivity index (χ0v) is 16.2. The van der Waals surface area contributed by atoms with Crippen LogP contribution in [0.15, 0.2) is 0 Å². The Labute approximate surface area is 141 Å². The van der Waals surface area contributed by atoms with E-state index in [0.717, 1.165) is 34.6 Å². The fraction of sp³-hybridized carbons (Fsp3) is 0.500. The van der Waals surface area contributed by atoms with E-state index >= 15 is 0 Å². The fourth-order valence-electron chi connectivity index (χ4n) is 0. The molecule has 0 rings (SSSR count). The summed E-state index contributed by atoms with van der Waals surface area (Å²) >= 11 is 0. The van der Waals surface area contributed by atoms with Gasteiger partial charge in [-0.1, -0.05) is 0 Å². The molecule has 0 heterocycles. The molecule has 10 nitrogen and oxygen atoms in total. The Morgan fingerprint density at radius 2 is 0.429 bits per heavy atom. The van der Waals surface area contributed by atoms with Gasteiger partial charge < -0.3 is 25.5 Å². The molecule has 0 aromatic heterocycles. The topological polar surface area (TPSA) is 186 Å². The van der Waals surface area contributed by atoms with E-state index in [4.69, 9.17) is 49.5 Å². The van der Waals surface area contributed by atoms with Crippen molar-refractivity contribution in [3.05, 3.63) is 0 Å². The number of aliphatic carboxylic acids is 5. The van der Waals surface area contributed by atoms with Crippen molar-refractivity contribution in [2.75, 3.05) is 0 Å². The molecule has 0 aliphatic heterocycles. The van der Waals surface area contributed by atoms with E-state index in [2.05, 4.69) is 0 Å². The van der Waals surface area contributed by atoms with Gasteiger partial charge in [0.1, 0.15) is 0 Å². The van der Waals surface area contributed by atoms with Gasteiger partial charge in [0.05, 0.1) is 0 Å². The summed E-state index contributed by atoms with van der Waals surface area (Å²) in [5, 5.41) is 37.1. The van der Waals surface area contributed by atoms with Crippen LogP contribution in [0, 0.1) is 0 Å². The van der Waals surface area contributed by atoms with Gasteiger partial charge in [0, 0.05) is 61.9 Å². The maximum absolute atomic E-state index is 9.00. The average Bonchev–Trinajstić information content (AvgIpc) is 1.94. The Bertz CT molecular complexity index is 211. The maximum atomic E-state index is 9.00. The van der Waals surface area contributed by atoms with Crippen LogP contribution in [0.1, 0.15) is 34.6 Å². The van der Waals surface area contributed by atoms with Crippen molar-refractivity contribution >= 4 is 57.1 Å². The predicted molar refractivity (Wildman–Crippen MR) is 72.3 cm³/mol. The van der Waals surface area contributed by atoms with Crippen molar-refractivity contribution < 1.29 is 49.5 Å². The molecule has 0 bridgehead atoms. The molecule has 0 aromatic rings. The third kappa shape index (κ3) is 1620. The Hall–Kier alpha value is -1.73. The maximum Gasteiger partial charge on any atom is 0.300 e. The summed E-state index contributed by atoms with van der Waals surface area (Å²) in [7, 11) is 0. The van der Waals surface area contributed by atoms with Crippen molar-refractivity contribution in [2.45, 2.75) is 34.6 Å². The van der Waals surface area contributed by atoms with E-state index < -0.39 is 29.8 Å².